The molecule has 2 N–H and O–H groups in total. The number of unbranched alkanes of at least 4 members (excludes halogenated alkanes) is 10. The van der Waals surface area contributed by atoms with E-state index in [-0.39, 0.29) is 11.0 Å². The summed E-state index contributed by atoms with van der Waals surface area (Å²) in [5.74, 6) is 0. The van der Waals surface area contributed by atoms with Crippen LogP contribution in [0.25, 0.3) is 0 Å². The van der Waals surface area contributed by atoms with E-state index in [4.69, 9.17) is 0 Å². The summed E-state index contributed by atoms with van der Waals surface area (Å²) in [6, 6.07) is 0. The first-order chi connectivity index (χ1) is 8.41. The van der Waals surface area contributed by atoms with Crippen LogP contribution >= 0.6 is 0 Å². The minimum Gasteiger partial charge on any atom is -0.870 e. The Morgan fingerprint density at radius 3 is 1.16 bits per heavy atom. The number of hydrogen-bond donors (Lipinski definition) is 0. The molecule has 0 unspecified atom stereocenters. The molecule has 0 rings (SSSR count). The summed E-state index contributed by atoms with van der Waals surface area (Å²) < 4.78 is 3.22. The molecule has 0 aliphatic heterocycles. The second-order valence-corrected chi connectivity index (χ2v) is 7.63. The van der Waals surface area contributed by atoms with Crippen molar-refractivity contribution >= 4 is 0 Å². The van der Waals surface area contributed by atoms with Crippen LogP contribution in [0.5, 0.6) is 0 Å². The molecule has 3 heteroatoms. The van der Waals surface area contributed by atoms with Crippen LogP contribution in [0.15, 0.2) is 0 Å². The van der Waals surface area contributed by atoms with Gasteiger partial charge < -0.3 is 11.0 Å². The Morgan fingerprint density at radius 1 is 0.474 bits per heavy atom. The van der Waals surface area contributed by atoms with Crippen LogP contribution < -0.4 is 0 Å². The van der Waals surface area contributed by atoms with E-state index in [2.05, 4.69) is 13.8 Å². The monoisotopic (exact) mass is 308 g/mol. The standard InChI is InChI=1S/2C8H17.2H2O.Ti/c2*1-3-5-7-8-6-4-2;;;/h2*1,3-8H2,2H3;2*1H2;/q;;;;+2/p-2. The molecule has 0 fully saturated rings. The van der Waals surface area contributed by atoms with Crippen molar-refractivity contribution < 1.29 is 30.1 Å². The van der Waals surface area contributed by atoms with Gasteiger partial charge in [-0.2, -0.15) is 0 Å². The summed E-state index contributed by atoms with van der Waals surface area (Å²) in [5.41, 5.74) is 0. The summed E-state index contributed by atoms with van der Waals surface area (Å²) >= 11 is 0.448. The van der Waals surface area contributed by atoms with Gasteiger partial charge in [0.2, 0.25) is 0 Å². The van der Waals surface area contributed by atoms with Crippen molar-refractivity contribution in [3.63, 3.8) is 0 Å². The summed E-state index contributed by atoms with van der Waals surface area (Å²) in [6.07, 6.45) is 17.7. The Morgan fingerprint density at radius 2 is 0.789 bits per heavy atom. The van der Waals surface area contributed by atoms with E-state index in [1.165, 1.54) is 64.2 Å². The van der Waals surface area contributed by atoms with Crippen LogP contribution in [-0.2, 0) is 19.2 Å². The van der Waals surface area contributed by atoms with Crippen molar-refractivity contribution in [3.05, 3.63) is 0 Å². The van der Waals surface area contributed by atoms with Gasteiger partial charge in [0.25, 0.3) is 0 Å². The summed E-state index contributed by atoms with van der Waals surface area (Å²) in [6.45, 7) is 4.60. The molecule has 0 aromatic carbocycles. The molecule has 0 aromatic heterocycles. The maximum atomic E-state index is 2.30. The maximum absolute atomic E-state index is 2.30. The van der Waals surface area contributed by atoms with E-state index in [9.17, 15) is 0 Å². The molecule has 0 heterocycles. The molecule has 0 bridgehead atoms. The molecule has 0 aromatic rings. The molecule has 0 saturated heterocycles. The molecular weight excluding hydrogens is 272 g/mol. The van der Waals surface area contributed by atoms with Gasteiger partial charge in [-0.05, 0) is 0 Å². The van der Waals surface area contributed by atoms with Crippen LogP contribution in [0.3, 0.4) is 0 Å². The van der Waals surface area contributed by atoms with Crippen molar-refractivity contribution in [2.75, 3.05) is 0 Å². The minimum absolute atomic E-state index is 0. The molecule has 116 valence electrons. The Kier molecular flexibility index (Phi) is 30.7. The van der Waals surface area contributed by atoms with Crippen molar-refractivity contribution in [1.82, 2.24) is 0 Å². The fraction of sp³-hybridized carbons (Fsp3) is 1.00. The second-order valence-electron chi connectivity index (χ2n) is 5.29. The van der Waals surface area contributed by atoms with E-state index < -0.39 is 0 Å². The third kappa shape index (κ3) is 24.1. The molecular formula is C16H36O2Ti. The number of rotatable bonds is 14. The van der Waals surface area contributed by atoms with Gasteiger partial charge in [-0.15, -0.1) is 0 Å². The average molecular weight is 308 g/mol. The molecule has 0 aliphatic carbocycles. The van der Waals surface area contributed by atoms with Crippen LogP contribution in [0.4, 0.5) is 0 Å². The van der Waals surface area contributed by atoms with Gasteiger partial charge in [-0.3, -0.25) is 0 Å². The van der Waals surface area contributed by atoms with E-state index >= 15 is 0 Å². The topological polar surface area (TPSA) is 60.0 Å². The van der Waals surface area contributed by atoms with Crippen molar-refractivity contribution in [2.45, 2.75) is 100 Å². The average Bonchev–Trinajstić information content (AvgIpc) is 2.35. The van der Waals surface area contributed by atoms with Crippen LogP contribution in [-0.4, -0.2) is 11.0 Å². The SMILES string of the molecule is CCCCCCC[CH2][Ti+2][CH2]CCCCCCC.[OH-].[OH-]. The van der Waals surface area contributed by atoms with Crippen LogP contribution in [0, 0.1) is 0 Å². The molecule has 0 atom stereocenters. The van der Waals surface area contributed by atoms with E-state index in [0.717, 1.165) is 0 Å². The van der Waals surface area contributed by atoms with Gasteiger partial charge in [-0.1, -0.05) is 0 Å². The molecule has 2 nitrogen and oxygen atoms in total. The normalized spacial score (nSPS) is 9.37. The predicted octanol–water partition coefficient (Wildman–Crippen LogP) is 6.27. The van der Waals surface area contributed by atoms with E-state index in [1.807, 2.05) is 0 Å². The van der Waals surface area contributed by atoms with Gasteiger partial charge in [-0.25, -0.2) is 0 Å². The van der Waals surface area contributed by atoms with Crippen molar-refractivity contribution in [2.24, 2.45) is 0 Å². The van der Waals surface area contributed by atoms with Crippen molar-refractivity contribution in [3.8, 4) is 0 Å². The Bertz CT molecular complexity index is 118. The Hall–Kier alpha value is 0.634. The minimum atomic E-state index is 0. The molecule has 0 spiro atoms. The second kappa shape index (κ2) is 23.7. The van der Waals surface area contributed by atoms with Crippen LogP contribution in [0.1, 0.15) is 90.9 Å². The van der Waals surface area contributed by atoms with E-state index in [0.29, 0.717) is 19.2 Å². The van der Waals surface area contributed by atoms with E-state index in [1.54, 1.807) is 22.3 Å². The fourth-order valence-corrected chi connectivity index (χ4v) is 4.14. The first kappa shape index (κ1) is 24.6. The van der Waals surface area contributed by atoms with Gasteiger partial charge in [0.1, 0.15) is 0 Å². The van der Waals surface area contributed by atoms with Crippen molar-refractivity contribution in [1.29, 1.82) is 0 Å². The number of hydrogen-bond acceptors (Lipinski definition) is 2. The van der Waals surface area contributed by atoms with Gasteiger partial charge in [0, 0.05) is 0 Å². The molecule has 0 radical (unpaired) electrons. The predicted molar refractivity (Wildman–Crippen MR) is 80.2 cm³/mol. The zero-order valence-electron chi connectivity index (χ0n) is 13.3. The smallest absolute Gasteiger partial charge is 0.870 e. The van der Waals surface area contributed by atoms with Gasteiger partial charge >= 0.3 is 120 Å². The summed E-state index contributed by atoms with van der Waals surface area (Å²) in [4.78, 5) is 0. The van der Waals surface area contributed by atoms with Gasteiger partial charge in [0.05, 0.1) is 0 Å². The largest absolute Gasteiger partial charge is 0.870 e. The van der Waals surface area contributed by atoms with Gasteiger partial charge in [0.15, 0.2) is 0 Å². The third-order valence-corrected chi connectivity index (χ3v) is 5.62. The maximum Gasteiger partial charge on any atom is -0.870 e. The van der Waals surface area contributed by atoms with Crippen LogP contribution in [0.2, 0.25) is 9.45 Å². The molecule has 0 amide bonds. The Labute approximate surface area is 130 Å². The fourth-order valence-electron chi connectivity index (χ4n) is 2.19. The zero-order chi connectivity index (χ0) is 12.6. The first-order valence-corrected chi connectivity index (χ1v) is 10.3. The third-order valence-electron chi connectivity index (χ3n) is 3.41. The molecule has 0 saturated carbocycles. The quantitative estimate of drug-likeness (QED) is 0.280. The molecule has 0 aliphatic rings. The molecule has 19 heavy (non-hydrogen) atoms. The zero-order valence-corrected chi connectivity index (χ0v) is 14.9. The summed E-state index contributed by atoms with van der Waals surface area (Å²) in [7, 11) is 0. The Balaban J connectivity index is -0.00000128. The summed E-state index contributed by atoms with van der Waals surface area (Å²) in [5, 5.41) is 0. The first-order valence-electron chi connectivity index (χ1n) is 8.12.